The van der Waals surface area contributed by atoms with Crippen LogP contribution in [-0.4, -0.2) is 11.1 Å². The fraction of sp³-hybridized carbons (Fsp3) is 0.118. The lowest BCUT2D eigenvalue weighted by atomic mass is 9.96. The molecule has 1 heterocycles. The Morgan fingerprint density at radius 2 is 1.75 bits per heavy atom. The van der Waals surface area contributed by atoms with Gasteiger partial charge in [0.05, 0.1) is 6.42 Å². The molecule has 0 bridgehead atoms. The highest BCUT2D eigenvalue weighted by molar-refractivity contribution is 5.75. The molecule has 2 aromatic carbocycles. The van der Waals surface area contributed by atoms with Crippen LogP contribution in [-0.2, 0) is 17.1 Å². The molecule has 0 fully saturated rings. The first kappa shape index (κ1) is 16.0. The number of halogens is 4. The van der Waals surface area contributed by atoms with Crippen molar-refractivity contribution in [1.29, 1.82) is 0 Å². The molecule has 3 nitrogen and oxygen atoms in total. The van der Waals surface area contributed by atoms with Crippen LogP contribution >= 0.6 is 0 Å². The van der Waals surface area contributed by atoms with Crippen molar-refractivity contribution in [1.82, 2.24) is 0 Å². The molecular weight excluding hydrogens is 328 g/mol. The Bertz CT molecular complexity index is 844. The molecule has 24 heavy (non-hydrogen) atoms. The first-order valence-corrected chi connectivity index (χ1v) is 6.87. The Hall–Kier alpha value is -2.83. The normalized spacial score (nSPS) is 15.7. The van der Waals surface area contributed by atoms with Crippen LogP contribution in [0.4, 0.5) is 17.6 Å². The first-order chi connectivity index (χ1) is 11.3. The van der Waals surface area contributed by atoms with Crippen LogP contribution < -0.4 is 4.74 Å². The Morgan fingerprint density at radius 1 is 1.08 bits per heavy atom. The molecule has 0 saturated carbocycles. The number of hydrogen-bond acceptors (Lipinski definition) is 2. The molecule has 1 aliphatic heterocycles. The number of ether oxygens (including phenoxy) is 1. The Morgan fingerprint density at radius 3 is 2.38 bits per heavy atom. The van der Waals surface area contributed by atoms with Crippen LogP contribution in [0.5, 0.6) is 5.75 Å². The standard InChI is InChI=1S/C17H10F4O3/c18-11-7-6-10(8-12(22)23)14-13(11)17(20,21)16(19)15(24-14)9-4-2-1-3-5-9/h1-7H,8H2,(H,22,23). The van der Waals surface area contributed by atoms with Crippen LogP contribution in [0.15, 0.2) is 48.3 Å². The van der Waals surface area contributed by atoms with Gasteiger partial charge < -0.3 is 9.84 Å². The van der Waals surface area contributed by atoms with E-state index in [1.165, 1.54) is 24.3 Å². The molecular formula is C17H10F4O3. The summed E-state index contributed by atoms with van der Waals surface area (Å²) in [7, 11) is 0. The van der Waals surface area contributed by atoms with Crippen LogP contribution in [0.3, 0.4) is 0 Å². The summed E-state index contributed by atoms with van der Waals surface area (Å²) in [5.41, 5.74) is -1.43. The average molecular weight is 338 g/mol. The number of hydrogen-bond donors (Lipinski definition) is 1. The van der Waals surface area contributed by atoms with Gasteiger partial charge in [0.25, 0.3) is 0 Å². The summed E-state index contributed by atoms with van der Waals surface area (Å²) in [5, 5.41) is 8.88. The Balaban J connectivity index is 2.23. The lowest BCUT2D eigenvalue weighted by Crippen LogP contribution is -2.26. The third-order valence-corrected chi connectivity index (χ3v) is 3.56. The number of carboxylic acid groups (broad SMARTS) is 1. The molecule has 0 unspecified atom stereocenters. The van der Waals surface area contributed by atoms with E-state index in [0.29, 0.717) is 6.07 Å². The number of alkyl halides is 2. The van der Waals surface area contributed by atoms with Crippen molar-refractivity contribution in [3.63, 3.8) is 0 Å². The van der Waals surface area contributed by atoms with Gasteiger partial charge in [0.2, 0.25) is 5.83 Å². The molecule has 1 N–H and O–H groups in total. The summed E-state index contributed by atoms with van der Waals surface area (Å²) in [6.45, 7) is 0. The molecule has 7 heteroatoms. The Kier molecular flexibility index (Phi) is 3.79. The second kappa shape index (κ2) is 5.67. The van der Waals surface area contributed by atoms with Gasteiger partial charge in [0.15, 0.2) is 5.76 Å². The van der Waals surface area contributed by atoms with Gasteiger partial charge in [0, 0.05) is 11.1 Å². The number of allylic oxidation sites excluding steroid dienone is 1. The quantitative estimate of drug-likeness (QED) is 0.850. The molecule has 0 aromatic heterocycles. The van der Waals surface area contributed by atoms with Gasteiger partial charge in [-0.3, -0.25) is 4.79 Å². The summed E-state index contributed by atoms with van der Waals surface area (Å²) in [6, 6.07) is 9.01. The molecule has 2 aromatic rings. The molecule has 1 aliphatic rings. The molecule has 124 valence electrons. The zero-order valence-corrected chi connectivity index (χ0v) is 12.0. The van der Waals surface area contributed by atoms with Gasteiger partial charge in [0.1, 0.15) is 17.1 Å². The number of benzene rings is 2. The number of fused-ring (bicyclic) bond motifs is 1. The van der Waals surface area contributed by atoms with Gasteiger partial charge in [-0.05, 0) is 6.07 Å². The summed E-state index contributed by atoms with van der Waals surface area (Å²) in [5.74, 6) is -10.3. The van der Waals surface area contributed by atoms with Crippen molar-refractivity contribution < 1.29 is 32.2 Å². The van der Waals surface area contributed by atoms with E-state index in [0.717, 1.165) is 6.07 Å². The minimum atomic E-state index is -4.27. The predicted octanol–water partition coefficient (Wildman–Crippen LogP) is 4.28. The lowest BCUT2D eigenvalue weighted by Gasteiger charge is -2.28. The van der Waals surface area contributed by atoms with Gasteiger partial charge in [-0.25, -0.2) is 8.78 Å². The maximum atomic E-state index is 14.4. The third kappa shape index (κ3) is 2.51. The molecule has 0 atom stereocenters. The smallest absolute Gasteiger partial charge is 0.334 e. The highest BCUT2D eigenvalue weighted by atomic mass is 19.3. The summed E-state index contributed by atoms with van der Waals surface area (Å²) < 4.78 is 62.2. The molecule has 0 radical (unpaired) electrons. The van der Waals surface area contributed by atoms with E-state index in [1.807, 2.05) is 0 Å². The van der Waals surface area contributed by atoms with Crippen molar-refractivity contribution >= 4 is 11.7 Å². The SMILES string of the molecule is O=C(O)Cc1ccc(F)c2c1OC(c1ccccc1)=C(F)C2(F)F. The van der Waals surface area contributed by atoms with Crippen LogP contribution in [0.1, 0.15) is 16.7 Å². The zero-order valence-electron chi connectivity index (χ0n) is 12.0. The largest absolute Gasteiger partial charge is 0.481 e. The van der Waals surface area contributed by atoms with Crippen molar-refractivity contribution in [3.05, 3.63) is 70.8 Å². The summed E-state index contributed by atoms with van der Waals surface area (Å²) in [4.78, 5) is 10.9. The van der Waals surface area contributed by atoms with Crippen LogP contribution in [0.2, 0.25) is 0 Å². The van der Waals surface area contributed by atoms with Gasteiger partial charge in [-0.2, -0.15) is 8.78 Å². The molecule has 3 rings (SSSR count). The number of rotatable bonds is 3. The fourth-order valence-corrected chi connectivity index (χ4v) is 2.49. The van der Waals surface area contributed by atoms with Crippen LogP contribution in [0, 0.1) is 5.82 Å². The number of carbonyl (C=O) groups is 1. The Labute approximate surface area is 133 Å². The predicted molar refractivity (Wildman–Crippen MR) is 76.7 cm³/mol. The summed E-state index contributed by atoms with van der Waals surface area (Å²) >= 11 is 0. The van der Waals surface area contributed by atoms with Crippen LogP contribution in [0.25, 0.3) is 5.76 Å². The van der Waals surface area contributed by atoms with E-state index in [9.17, 15) is 22.4 Å². The average Bonchev–Trinajstić information content (AvgIpc) is 2.53. The fourth-order valence-electron chi connectivity index (χ4n) is 2.49. The second-order valence-corrected chi connectivity index (χ2v) is 5.17. The van der Waals surface area contributed by atoms with Crippen molar-refractivity contribution in [2.24, 2.45) is 0 Å². The van der Waals surface area contributed by atoms with Crippen molar-refractivity contribution in [2.45, 2.75) is 12.3 Å². The highest BCUT2D eigenvalue weighted by Gasteiger charge is 2.49. The maximum absolute atomic E-state index is 14.4. The minimum Gasteiger partial charge on any atom is -0.481 e. The monoisotopic (exact) mass is 338 g/mol. The van der Waals surface area contributed by atoms with E-state index in [1.54, 1.807) is 6.07 Å². The molecule has 0 saturated heterocycles. The van der Waals surface area contributed by atoms with E-state index in [2.05, 4.69) is 0 Å². The van der Waals surface area contributed by atoms with Gasteiger partial charge >= 0.3 is 11.9 Å². The van der Waals surface area contributed by atoms with E-state index >= 15 is 0 Å². The first-order valence-electron chi connectivity index (χ1n) is 6.87. The molecule has 0 aliphatic carbocycles. The molecule has 0 amide bonds. The van der Waals surface area contributed by atoms with E-state index in [-0.39, 0.29) is 11.1 Å². The van der Waals surface area contributed by atoms with Gasteiger partial charge in [-0.1, -0.05) is 36.4 Å². The van der Waals surface area contributed by atoms with Crippen molar-refractivity contribution in [2.75, 3.05) is 0 Å². The van der Waals surface area contributed by atoms with Crippen molar-refractivity contribution in [3.8, 4) is 5.75 Å². The van der Waals surface area contributed by atoms with E-state index < -0.39 is 47.0 Å². The maximum Gasteiger partial charge on any atom is 0.334 e. The third-order valence-electron chi connectivity index (χ3n) is 3.56. The number of aliphatic carboxylic acids is 1. The van der Waals surface area contributed by atoms with Gasteiger partial charge in [-0.15, -0.1) is 0 Å². The highest BCUT2D eigenvalue weighted by Crippen LogP contribution is 2.51. The zero-order chi connectivity index (χ0) is 17.5. The topological polar surface area (TPSA) is 46.5 Å². The minimum absolute atomic E-state index is 0.0332. The second-order valence-electron chi connectivity index (χ2n) is 5.17. The molecule has 0 spiro atoms. The lowest BCUT2D eigenvalue weighted by molar-refractivity contribution is -0.136. The van der Waals surface area contributed by atoms with E-state index in [4.69, 9.17) is 9.84 Å². The summed E-state index contributed by atoms with van der Waals surface area (Å²) in [6.07, 6.45) is -0.664. The number of carboxylic acids is 1.